The fourth-order valence-corrected chi connectivity index (χ4v) is 2.23. The number of aromatic nitrogens is 1. The molecule has 3 nitrogen and oxygen atoms in total. The summed E-state index contributed by atoms with van der Waals surface area (Å²) in [6, 6.07) is 4.33. The highest BCUT2D eigenvalue weighted by Crippen LogP contribution is 2.31. The van der Waals surface area contributed by atoms with Crippen LogP contribution in [0.5, 0.6) is 0 Å². The maximum absolute atomic E-state index is 12.4. The zero-order valence-electron chi connectivity index (χ0n) is 9.89. The Bertz CT molecular complexity index is 582. The van der Waals surface area contributed by atoms with Crippen molar-refractivity contribution in [2.45, 2.75) is 11.4 Å². The van der Waals surface area contributed by atoms with E-state index in [0.717, 1.165) is 12.1 Å². The number of thiol groups is 1. The number of amides is 1. The number of nitrogens with zero attached hydrogens (tertiary/aromatic N) is 1. The molecular weight excluding hydrogens is 309 g/mol. The Morgan fingerprint density at radius 2 is 1.95 bits per heavy atom. The molecule has 20 heavy (non-hydrogen) atoms. The minimum Gasteiger partial charge on any atom is -0.301 e. The molecule has 2 aromatic rings. The van der Waals surface area contributed by atoms with Gasteiger partial charge >= 0.3 is 6.18 Å². The molecule has 8 heteroatoms. The number of carbonyl (C=O) groups excluding carboxylic acids is 1. The van der Waals surface area contributed by atoms with E-state index >= 15 is 0 Å². The molecular formula is C12H9F3N2OS2. The predicted octanol–water partition coefficient (Wildman–Crippen LogP) is 3.77. The summed E-state index contributed by atoms with van der Waals surface area (Å²) in [5.41, 5.74) is -0.377. The van der Waals surface area contributed by atoms with Gasteiger partial charge in [0.15, 0.2) is 5.13 Å². The summed E-state index contributed by atoms with van der Waals surface area (Å²) in [4.78, 5) is 15.7. The van der Waals surface area contributed by atoms with Crippen molar-refractivity contribution in [3.8, 4) is 0 Å². The van der Waals surface area contributed by atoms with Gasteiger partial charge in [-0.1, -0.05) is 12.1 Å². The minimum absolute atomic E-state index is 0.385. The Morgan fingerprint density at radius 3 is 2.45 bits per heavy atom. The molecule has 0 radical (unpaired) electrons. The maximum atomic E-state index is 12.4. The van der Waals surface area contributed by atoms with E-state index in [0.29, 0.717) is 10.7 Å². The molecule has 1 amide bonds. The molecule has 2 rings (SSSR count). The highest BCUT2D eigenvalue weighted by Gasteiger charge is 2.30. The van der Waals surface area contributed by atoms with Crippen molar-refractivity contribution in [1.29, 1.82) is 0 Å². The highest BCUT2D eigenvalue weighted by molar-refractivity contribution is 7.81. The third-order valence-corrected chi connectivity index (χ3v) is 3.69. The fourth-order valence-electron chi connectivity index (χ4n) is 1.46. The van der Waals surface area contributed by atoms with Crippen molar-refractivity contribution in [2.75, 3.05) is 5.32 Å². The van der Waals surface area contributed by atoms with Crippen LogP contribution < -0.4 is 5.32 Å². The monoisotopic (exact) mass is 318 g/mol. The van der Waals surface area contributed by atoms with Gasteiger partial charge in [0.1, 0.15) is 5.25 Å². The summed E-state index contributed by atoms with van der Waals surface area (Å²) in [7, 11) is 0. The largest absolute Gasteiger partial charge is 0.416 e. The lowest BCUT2D eigenvalue weighted by Crippen LogP contribution is -2.17. The zero-order valence-corrected chi connectivity index (χ0v) is 11.6. The van der Waals surface area contributed by atoms with Crippen molar-refractivity contribution >= 4 is 35.0 Å². The molecule has 1 unspecified atom stereocenters. The van der Waals surface area contributed by atoms with E-state index in [1.54, 1.807) is 5.38 Å². The average molecular weight is 318 g/mol. The Labute approximate surface area is 122 Å². The van der Waals surface area contributed by atoms with E-state index in [-0.39, 0.29) is 0 Å². The van der Waals surface area contributed by atoms with E-state index in [4.69, 9.17) is 0 Å². The molecule has 1 aromatic heterocycles. The minimum atomic E-state index is -4.40. The van der Waals surface area contributed by atoms with Crippen LogP contribution in [0.1, 0.15) is 16.4 Å². The van der Waals surface area contributed by atoms with Crippen LogP contribution in [0, 0.1) is 0 Å². The number of anilines is 1. The lowest BCUT2D eigenvalue weighted by atomic mass is 10.1. The van der Waals surface area contributed by atoms with Crippen molar-refractivity contribution in [1.82, 2.24) is 4.98 Å². The van der Waals surface area contributed by atoms with E-state index < -0.39 is 22.9 Å². The van der Waals surface area contributed by atoms with Gasteiger partial charge in [0, 0.05) is 11.6 Å². The molecule has 1 heterocycles. The van der Waals surface area contributed by atoms with E-state index in [1.165, 1.54) is 29.7 Å². The van der Waals surface area contributed by atoms with Gasteiger partial charge in [0.25, 0.3) is 0 Å². The Kier molecular flexibility index (Phi) is 4.34. The summed E-state index contributed by atoms with van der Waals surface area (Å²) in [5.74, 6) is -0.442. The van der Waals surface area contributed by atoms with Crippen molar-refractivity contribution < 1.29 is 18.0 Å². The molecule has 1 N–H and O–H groups in total. The average Bonchev–Trinajstić information content (AvgIpc) is 2.90. The molecule has 0 aliphatic carbocycles. The zero-order chi connectivity index (χ0) is 14.8. The number of alkyl halides is 3. The number of carbonyl (C=O) groups is 1. The second-order valence-corrected chi connectivity index (χ2v) is 5.26. The van der Waals surface area contributed by atoms with Gasteiger partial charge in [0.2, 0.25) is 5.91 Å². The quantitative estimate of drug-likeness (QED) is 0.846. The summed E-state index contributed by atoms with van der Waals surface area (Å²) in [6.07, 6.45) is -2.86. The van der Waals surface area contributed by atoms with E-state index in [1.807, 2.05) is 0 Å². The van der Waals surface area contributed by atoms with Crippen LogP contribution >= 0.6 is 24.0 Å². The third-order valence-electron chi connectivity index (χ3n) is 2.46. The Morgan fingerprint density at radius 1 is 1.30 bits per heavy atom. The predicted molar refractivity (Wildman–Crippen MR) is 73.9 cm³/mol. The van der Waals surface area contributed by atoms with Gasteiger partial charge in [-0.05, 0) is 17.7 Å². The van der Waals surface area contributed by atoms with Gasteiger partial charge in [-0.25, -0.2) is 4.98 Å². The maximum Gasteiger partial charge on any atom is 0.416 e. The van der Waals surface area contributed by atoms with Crippen LogP contribution in [0.2, 0.25) is 0 Å². The molecule has 0 spiro atoms. The molecule has 0 bridgehead atoms. The second-order valence-electron chi connectivity index (χ2n) is 3.85. The van der Waals surface area contributed by atoms with Gasteiger partial charge in [-0.15, -0.1) is 11.3 Å². The summed E-state index contributed by atoms with van der Waals surface area (Å²) >= 11 is 5.36. The fraction of sp³-hybridized carbons (Fsp3) is 0.167. The van der Waals surface area contributed by atoms with Gasteiger partial charge in [-0.3, -0.25) is 4.79 Å². The lowest BCUT2D eigenvalue weighted by molar-refractivity contribution is -0.137. The van der Waals surface area contributed by atoms with Crippen molar-refractivity contribution in [3.05, 3.63) is 47.0 Å². The number of nitrogens with one attached hydrogen (secondary N) is 1. The molecule has 106 valence electrons. The van der Waals surface area contributed by atoms with E-state index in [2.05, 4.69) is 22.9 Å². The molecule has 1 aromatic carbocycles. The van der Waals surface area contributed by atoms with Crippen molar-refractivity contribution in [2.24, 2.45) is 0 Å². The SMILES string of the molecule is O=C(Nc1nccs1)C(S)c1ccc(C(F)(F)F)cc1. The normalized spacial score (nSPS) is 13.0. The number of hydrogen-bond acceptors (Lipinski definition) is 4. The first-order valence-corrected chi connectivity index (χ1v) is 6.83. The number of halogens is 3. The first kappa shape index (κ1) is 14.9. The summed E-state index contributed by atoms with van der Waals surface area (Å²) in [5, 5.41) is 3.79. The van der Waals surface area contributed by atoms with Gasteiger partial charge < -0.3 is 5.32 Å². The number of rotatable bonds is 3. The molecule has 0 saturated heterocycles. The molecule has 0 aliphatic heterocycles. The van der Waals surface area contributed by atoms with Gasteiger partial charge in [0.05, 0.1) is 5.56 Å². The first-order chi connectivity index (χ1) is 9.38. The van der Waals surface area contributed by atoms with Crippen LogP contribution in [-0.4, -0.2) is 10.9 Å². The van der Waals surface area contributed by atoms with Crippen LogP contribution in [-0.2, 0) is 11.0 Å². The number of benzene rings is 1. The Balaban J connectivity index is 2.09. The molecule has 0 saturated carbocycles. The van der Waals surface area contributed by atoms with Crippen LogP contribution in [0.15, 0.2) is 35.8 Å². The highest BCUT2D eigenvalue weighted by atomic mass is 32.1. The van der Waals surface area contributed by atoms with E-state index in [9.17, 15) is 18.0 Å². The summed E-state index contributed by atoms with van der Waals surface area (Å²) < 4.78 is 37.3. The van der Waals surface area contributed by atoms with Gasteiger partial charge in [-0.2, -0.15) is 25.8 Å². The molecule has 0 aliphatic rings. The van der Waals surface area contributed by atoms with Crippen LogP contribution in [0.3, 0.4) is 0 Å². The van der Waals surface area contributed by atoms with Crippen molar-refractivity contribution in [3.63, 3.8) is 0 Å². The number of thiazole rings is 1. The molecule has 0 fully saturated rings. The smallest absolute Gasteiger partial charge is 0.301 e. The third kappa shape index (κ3) is 3.51. The number of hydrogen-bond donors (Lipinski definition) is 2. The molecule has 1 atom stereocenters. The Hall–Kier alpha value is -1.54. The second kappa shape index (κ2) is 5.84. The van der Waals surface area contributed by atoms with Crippen LogP contribution in [0.4, 0.5) is 18.3 Å². The first-order valence-electron chi connectivity index (χ1n) is 5.43. The van der Waals surface area contributed by atoms with Crippen LogP contribution in [0.25, 0.3) is 0 Å². The summed E-state index contributed by atoms with van der Waals surface area (Å²) in [6.45, 7) is 0. The lowest BCUT2D eigenvalue weighted by Gasteiger charge is -2.12. The standard InChI is InChI=1S/C12H9F3N2OS2/c13-12(14,15)8-3-1-7(2-4-8)9(19)10(18)17-11-16-5-6-20-11/h1-6,9,19H,(H,16,17,18). The topological polar surface area (TPSA) is 42.0 Å².